The maximum absolute atomic E-state index is 11.9. The summed E-state index contributed by atoms with van der Waals surface area (Å²) in [6.45, 7) is 19.3. The molecule has 1 aliphatic rings. The summed E-state index contributed by atoms with van der Waals surface area (Å²) in [4.78, 5) is 15.8. The largest absolute Gasteiger partial charge is 0.478 e. The van der Waals surface area contributed by atoms with E-state index in [9.17, 15) is 9.90 Å². The molecule has 1 heterocycles. The second-order valence-corrected chi connectivity index (χ2v) is 12.9. The van der Waals surface area contributed by atoms with Gasteiger partial charge in [-0.1, -0.05) is 60.4 Å². The van der Waals surface area contributed by atoms with Crippen molar-refractivity contribution in [3.63, 3.8) is 0 Å². The van der Waals surface area contributed by atoms with Gasteiger partial charge in [0.15, 0.2) is 0 Å². The Morgan fingerprint density at radius 1 is 1.21 bits per heavy atom. The van der Waals surface area contributed by atoms with Crippen molar-refractivity contribution in [2.75, 3.05) is 21.9 Å². The van der Waals surface area contributed by atoms with Crippen molar-refractivity contribution in [3.8, 4) is 0 Å². The predicted octanol–water partition coefficient (Wildman–Crippen LogP) is 8.37. The van der Waals surface area contributed by atoms with Crippen LogP contribution in [0.2, 0.25) is 0 Å². The molecule has 0 unspecified atom stereocenters. The maximum Gasteiger partial charge on any atom is 0.337 e. The molecule has 0 atom stereocenters. The number of rotatable bonds is 9. The van der Waals surface area contributed by atoms with Gasteiger partial charge in [0.05, 0.1) is 16.3 Å². The molecule has 0 fully saturated rings. The van der Waals surface area contributed by atoms with E-state index in [4.69, 9.17) is 0 Å². The molecule has 0 radical (unpaired) electrons. The van der Waals surface area contributed by atoms with Crippen LogP contribution in [0.1, 0.15) is 94.1 Å². The summed E-state index contributed by atoms with van der Waals surface area (Å²) in [5, 5.41) is 11.0. The zero-order valence-electron chi connectivity index (χ0n) is 21.5. The fraction of sp³-hybridized carbons (Fsp3) is 0.593. The zero-order chi connectivity index (χ0) is 24.6. The van der Waals surface area contributed by atoms with Gasteiger partial charge < -0.3 is 14.7 Å². The Labute approximate surface area is 208 Å². The molecule has 2 aromatic rings. The van der Waals surface area contributed by atoms with Gasteiger partial charge in [0.1, 0.15) is 0 Å². The molecule has 1 aromatic heterocycles. The Morgan fingerprint density at radius 2 is 1.88 bits per heavy atom. The van der Waals surface area contributed by atoms with Gasteiger partial charge in [-0.15, -0.1) is 11.3 Å². The van der Waals surface area contributed by atoms with Crippen LogP contribution >= 0.6 is 23.3 Å². The van der Waals surface area contributed by atoms with Gasteiger partial charge in [0, 0.05) is 22.9 Å². The van der Waals surface area contributed by atoms with Crippen LogP contribution in [0.25, 0.3) is 0 Å². The van der Waals surface area contributed by atoms with E-state index in [2.05, 4.69) is 65.0 Å². The van der Waals surface area contributed by atoms with Crippen molar-refractivity contribution in [3.05, 3.63) is 39.8 Å². The van der Waals surface area contributed by atoms with E-state index < -0.39 is 5.97 Å². The molecule has 1 aromatic carbocycles. The smallest absolute Gasteiger partial charge is 0.337 e. The molecule has 1 aliphatic carbocycles. The number of nitrogens with one attached hydrogen (secondary N) is 1. The Balaban J connectivity index is 2.14. The Kier molecular flexibility index (Phi) is 7.79. The fourth-order valence-electron chi connectivity index (χ4n) is 4.79. The Bertz CT molecular complexity index is 1010. The lowest BCUT2D eigenvalue weighted by Gasteiger charge is -2.39. The highest BCUT2D eigenvalue weighted by atomic mass is 32.2. The average Bonchev–Trinajstić information content (AvgIpc) is 3.09. The van der Waals surface area contributed by atoms with Crippen molar-refractivity contribution in [2.45, 2.75) is 85.5 Å². The van der Waals surface area contributed by atoms with Gasteiger partial charge in [-0.05, 0) is 72.3 Å². The number of hydrogen-bond acceptors (Lipinski definition) is 5. The first-order chi connectivity index (χ1) is 15.4. The number of aromatic carboxylic acids is 1. The number of carboxylic acids is 1. The van der Waals surface area contributed by atoms with E-state index in [1.165, 1.54) is 33.8 Å². The lowest BCUT2D eigenvalue weighted by atomic mass is 9.66. The van der Waals surface area contributed by atoms with Crippen molar-refractivity contribution < 1.29 is 9.90 Å². The van der Waals surface area contributed by atoms with E-state index in [0.717, 1.165) is 24.4 Å². The molecule has 0 bridgehead atoms. The number of fused-ring (bicyclic) bond motifs is 1. The van der Waals surface area contributed by atoms with Crippen LogP contribution in [-0.4, -0.2) is 23.4 Å². The molecule has 6 heteroatoms. The number of nitrogens with zero attached hydrogens (tertiary/aromatic N) is 1. The highest BCUT2D eigenvalue weighted by Crippen LogP contribution is 2.54. The average molecular weight is 489 g/mol. The summed E-state index contributed by atoms with van der Waals surface area (Å²) in [5.41, 5.74) is 5.29. The topological polar surface area (TPSA) is 52.6 Å². The molecule has 0 amide bonds. The van der Waals surface area contributed by atoms with Crippen LogP contribution in [0.4, 0.5) is 16.4 Å². The van der Waals surface area contributed by atoms with Crippen molar-refractivity contribution in [1.82, 2.24) is 0 Å². The minimum absolute atomic E-state index is 0.170. The van der Waals surface area contributed by atoms with Gasteiger partial charge in [0.2, 0.25) is 0 Å². The molecule has 3 rings (SSSR count). The number of hydrogen-bond donors (Lipinski definition) is 2. The number of thiophene rings is 1. The normalized spacial score (nSPS) is 16.5. The monoisotopic (exact) mass is 488 g/mol. The first-order valence-electron chi connectivity index (χ1n) is 12.1. The second kappa shape index (κ2) is 9.91. The number of benzene rings is 1. The SMILES string of the molecule is CCCSNc1cc(N(CC(C)C)c2sc3c(c2C)C(C)(C)CCC3(C)C)ccc1C(=O)O. The van der Waals surface area contributed by atoms with Crippen LogP contribution in [0.5, 0.6) is 0 Å². The van der Waals surface area contributed by atoms with E-state index in [1.54, 1.807) is 18.0 Å². The molecule has 4 nitrogen and oxygen atoms in total. The van der Waals surface area contributed by atoms with Crippen LogP contribution in [-0.2, 0) is 10.8 Å². The van der Waals surface area contributed by atoms with E-state index in [0.29, 0.717) is 17.2 Å². The second-order valence-electron chi connectivity index (χ2n) is 11.0. The summed E-state index contributed by atoms with van der Waals surface area (Å²) in [5.74, 6) is 0.498. The van der Waals surface area contributed by atoms with Crippen molar-refractivity contribution in [2.24, 2.45) is 5.92 Å². The van der Waals surface area contributed by atoms with Crippen molar-refractivity contribution in [1.29, 1.82) is 0 Å². The van der Waals surface area contributed by atoms with Gasteiger partial charge >= 0.3 is 5.97 Å². The molecular formula is C27H40N2O2S2. The molecule has 0 aliphatic heterocycles. The zero-order valence-corrected chi connectivity index (χ0v) is 23.1. The molecule has 2 N–H and O–H groups in total. The fourth-order valence-corrected chi connectivity index (χ4v) is 7.07. The Morgan fingerprint density at radius 3 is 2.45 bits per heavy atom. The van der Waals surface area contributed by atoms with Crippen LogP contribution in [0.3, 0.4) is 0 Å². The summed E-state index contributed by atoms with van der Waals surface area (Å²) in [6, 6.07) is 5.73. The molecule has 0 spiro atoms. The minimum atomic E-state index is -0.900. The minimum Gasteiger partial charge on any atom is -0.478 e. The highest BCUT2D eigenvalue weighted by Gasteiger charge is 2.41. The number of anilines is 3. The molecule has 0 saturated carbocycles. The number of carboxylic acid groups (broad SMARTS) is 1. The maximum atomic E-state index is 11.9. The third kappa shape index (κ3) is 5.37. The third-order valence-electron chi connectivity index (χ3n) is 6.61. The first-order valence-corrected chi connectivity index (χ1v) is 13.9. The van der Waals surface area contributed by atoms with E-state index in [1.807, 2.05) is 23.5 Å². The molecule has 182 valence electrons. The van der Waals surface area contributed by atoms with Crippen molar-refractivity contribution >= 4 is 45.6 Å². The summed E-state index contributed by atoms with van der Waals surface area (Å²) in [6.07, 6.45) is 3.43. The summed E-state index contributed by atoms with van der Waals surface area (Å²) >= 11 is 3.50. The van der Waals surface area contributed by atoms with Gasteiger partial charge in [-0.25, -0.2) is 4.79 Å². The Hall–Kier alpha value is -1.66. The third-order valence-corrected chi connectivity index (χ3v) is 9.27. The van der Waals surface area contributed by atoms with E-state index >= 15 is 0 Å². The molecule has 0 saturated heterocycles. The first kappa shape index (κ1) is 26.0. The highest BCUT2D eigenvalue weighted by molar-refractivity contribution is 8.00. The lowest BCUT2D eigenvalue weighted by molar-refractivity contribution is 0.0698. The van der Waals surface area contributed by atoms with Crippen LogP contribution in [0, 0.1) is 12.8 Å². The lowest BCUT2D eigenvalue weighted by Crippen LogP contribution is -2.32. The predicted molar refractivity (Wildman–Crippen MR) is 146 cm³/mol. The van der Waals surface area contributed by atoms with E-state index in [-0.39, 0.29) is 10.8 Å². The van der Waals surface area contributed by atoms with Gasteiger partial charge in [0.25, 0.3) is 0 Å². The summed E-state index contributed by atoms with van der Waals surface area (Å²) in [7, 11) is 0. The molecular weight excluding hydrogens is 448 g/mol. The summed E-state index contributed by atoms with van der Waals surface area (Å²) < 4.78 is 3.30. The van der Waals surface area contributed by atoms with Gasteiger partial charge in [-0.3, -0.25) is 0 Å². The number of carbonyl (C=O) groups is 1. The standard InChI is InChI=1S/C27H40N2O2S2/c1-9-14-32-28-21-15-19(10-11-20(21)25(30)31)29(16-17(2)3)24-18(4)22-23(33-24)27(7,8)13-12-26(22,5)6/h10-11,15,17,28H,9,12-14,16H2,1-8H3,(H,30,31). The molecule has 33 heavy (non-hydrogen) atoms. The quantitative estimate of drug-likeness (QED) is 0.274. The van der Waals surface area contributed by atoms with Gasteiger partial charge in [-0.2, -0.15) is 0 Å². The van der Waals surface area contributed by atoms with Crippen LogP contribution in [0.15, 0.2) is 18.2 Å². The van der Waals surface area contributed by atoms with Crippen LogP contribution < -0.4 is 9.62 Å².